The van der Waals surface area contributed by atoms with Crippen molar-refractivity contribution in [2.75, 3.05) is 18.0 Å². The molecule has 2 N–H and O–H groups in total. The van der Waals surface area contributed by atoms with E-state index < -0.39 is 0 Å². The summed E-state index contributed by atoms with van der Waals surface area (Å²) in [6.07, 6.45) is 1.57. The van der Waals surface area contributed by atoms with E-state index in [4.69, 9.17) is 4.98 Å². The second kappa shape index (κ2) is 5.47. The Morgan fingerprint density at radius 1 is 1.37 bits per heavy atom. The second-order valence-electron chi connectivity index (χ2n) is 6.37. The molecule has 1 aliphatic rings. The Balaban J connectivity index is 2.34. The predicted octanol–water partition coefficient (Wildman–Crippen LogP) is 1.83. The van der Waals surface area contributed by atoms with Gasteiger partial charge in [-0.2, -0.15) is 0 Å². The first-order valence-electron chi connectivity index (χ1n) is 6.95. The maximum atomic E-state index is 9.78. The molecular formula is C15H24N2O2. The SMILES string of the molecule is CC(C)(C)c1cc(CO)cc(N2CCCC(O)C2)n1. The Kier molecular flexibility index (Phi) is 4.11. The summed E-state index contributed by atoms with van der Waals surface area (Å²) in [7, 11) is 0. The summed E-state index contributed by atoms with van der Waals surface area (Å²) in [5, 5.41) is 19.2. The third-order valence-electron chi connectivity index (χ3n) is 3.54. The van der Waals surface area contributed by atoms with Crippen LogP contribution in [0.1, 0.15) is 44.9 Å². The summed E-state index contributed by atoms with van der Waals surface area (Å²) in [5.74, 6) is 0.871. The normalized spacial score (nSPS) is 20.7. The van der Waals surface area contributed by atoms with E-state index in [1.54, 1.807) is 0 Å². The summed E-state index contributed by atoms with van der Waals surface area (Å²) < 4.78 is 0. The molecule has 0 bridgehead atoms. The lowest BCUT2D eigenvalue weighted by atomic mass is 9.90. The van der Waals surface area contributed by atoms with Crippen LogP contribution in [0.4, 0.5) is 5.82 Å². The van der Waals surface area contributed by atoms with Gasteiger partial charge < -0.3 is 15.1 Å². The highest BCUT2D eigenvalue weighted by atomic mass is 16.3. The number of rotatable bonds is 2. The lowest BCUT2D eigenvalue weighted by Crippen LogP contribution is -2.39. The zero-order chi connectivity index (χ0) is 14.0. The van der Waals surface area contributed by atoms with Crippen LogP contribution in [0, 0.1) is 0 Å². The monoisotopic (exact) mass is 264 g/mol. The first kappa shape index (κ1) is 14.3. The highest BCUT2D eigenvalue weighted by molar-refractivity contribution is 5.44. The Morgan fingerprint density at radius 2 is 2.11 bits per heavy atom. The van der Waals surface area contributed by atoms with Crippen molar-refractivity contribution >= 4 is 5.82 Å². The minimum absolute atomic E-state index is 0.0228. The number of hydrogen-bond acceptors (Lipinski definition) is 4. The zero-order valence-corrected chi connectivity index (χ0v) is 12.1. The molecule has 0 saturated carbocycles. The highest BCUT2D eigenvalue weighted by Gasteiger charge is 2.22. The molecule has 2 heterocycles. The largest absolute Gasteiger partial charge is 0.392 e. The number of aromatic nitrogens is 1. The Labute approximate surface area is 115 Å². The molecule has 4 heteroatoms. The predicted molar refractivity (Wildman–Crippen MR) is 76.3 cm³/mol. The highest BCUT2D eigenvalue weighted by Crippen LogP contribution is 2.26. The van der Waals surface area contributed by atoms with E-state index in [0.29, 0.717) is 6.54 Å². The number of anilines is 1. The molecular weight excluding hydrogens is 240 g/mol. The maximum Gasteiger partial charge on any atom is 0.129 e. The quantitative estimate of drug-likeness (QED) is 0.855. The minimum atomic E-state index is -0.272. The van der Waals surface area contributed by atoms with Crippen molar-refractivity contribution in [3.8, 4) is 0 Å². The molecule has 0 spiro atoms. The topological polar surface area (TPSA) is 56.6 Å². The molecule has 0 aliphatic carbocycles. The van der Waals surface area contributed by atoms with Gasteiger partial charge >= 0.3 is 0 Å². The van der Waals surface area contributed by atoms with Gasteiger partial charge in [0.1, 0.15) is 5.82 Å². The van der Waals surface area contributed by atoms with Crippen molar-refractivity contribution in [2.45, 2.75) is 51.7 Å². The zero-order valence-electron chi connectivity index (χ0n) is 12.1. The van der Waals surface area contributed by atoms with E-state index in [-0.39, 0.29) is 18.1 Å². The molecule has 1 aliphatic heterocycles. The van der Waals surface area contributed by atoms with E-state index in [2.05, 4.69) is 25.7 Å². The molecule has 1 unspecified atom stereocenters. The van der Waals surface area contributed by atoms with E-state index in [9.17, 15) is 10.2 Å². The number of nitrogens with zero attached hydrogens (tertiary/aromatic N) is 2. The van der Waals surface area contributed by atoms with Crippen LogP contribution in [0.5, 0.6) is 0 Å². The summed E-state index contributed by atoms with van der Waals surface area (Å²) >= 11 is 0. The lowest BCUT2D eigenvalue weighted by molar-refractivity contribution is 0.154. The van der Waals surface area contributed by atoms with Gasteiger partial charge in [-0.25, -0.2) is 4.98 Å². The van der Waals surface area contributed by atoms with Crippen LogP contribution in [0.25, 0.3) is 0 Å². The van der Waals surface area contributed by atoms with Gasteiger partial charge in [0.2, 0.25) is 0 Å². The van der Waals surface area contributed by atoms with Crippen molar-refractivity contribution in [2.24, 2.45) is 0 Å². The number of β-amino-alcohol motifs (C(OH)–C–C–N with tert-alkyl or cyclic N) is 1. The molecule has 1 aromatic rings. The molecule has 0 aromatic carbocycles. The first-order chi connectivity index (χ1) is 8.90. The van der Waals surface area contributed by atoms with Gasteiger partial charge in [-0.05, 0) is 30.5 Å². The molecule has 4 nitrogen and oxygen atoms in total. The third-order valence-corrected chi connectivity index (χ3v) is 3.54. The van der Waals surface area contributed by atoms with Gasteiger partial charge in [0.05, 0.1) is 12.7 Å². The van der Waals surface area contributed by atoms with E-state index in [1.165, 1.54) is 0 Å². The fourth-order valence-electron chi connectivity index (χ4n) is 2.37. The molecule has 1 fully saturated rings. The van der Waals surface area contributed by atoms with Gasteiger partial charge in [0, 0.05) is 24.2 Å². The summed E-state index contributed by atoms with van der Waals surface area (Å²) in [5.41, 5.74) is 1.82. The molecule has 1 saturated heterocycles. The van der Waals surface area contributed by atoms with Gasteiger partial charge in [-0.1, -0.05) is 20.8 Å². The fraction of sp³-hybridized carbons (Fsp3) is 0.667. The maximum absolute atomic E-state index is 9.78. The Hall–Kier alpha value is -1.13. The number of hydrogen-bond donors (Lipinski definition) is 2. The van der Waals surface area contributed by atoms with Crippen LogP contribution in [0.3, 0.4) is 0 Å². The first-order valence-corrected chi connectivity index (χ1v) is 6.95. The van der Waals surface area contributed by atoms with Crippen molar-refractivity contribution < 1.29 is 10.2 Å². The van der Waals surface area contributed by atoms with Gasteiger partial charge in [-0.15, -0.1) is 0 Å². The van der Waals surface area contributed by atoms with Gasteiger partial charge in [0.25, 0.3) is 0 Å². The third kappa shape index (κ3) is 3.45. The Bertz CT molecular complexity index is 440. The van der Waals surface area contributed by atoms with Crippen LogP contribution in [0.15, 0.2) is 12.1 Å². The minimum Gasteiger partial charge on any atom is -0.392 e. The lowest BCUT2D eigenvalue weighted by Gasteiger charge is -2.32. The molecule has 0 radical (unpaired) electrons. The summed E-state index contributed by atoms with van der Waals surface area (Å²) in [6.45, 7) is 7.92. The van der Waals surface area contributed by atoms with Crippen LogP contribution < -0.4 is 4.90 Å². The molecule has 106 valence electrons. The van der Waals surface area contributed by atoms with Gasteiger partial charge in [-0.3, -0.25) is 0 Å². The summed E-state index contributed by atoms with van der Waals surface area (Å²) in [6, 6.07) is 3.89. The van der Waals surface area contributed by atoms with E-state index >= 15 is 0 Å². The summed E-state index contributed by atoms with van der Waals surface area (Å²) in [4.78, 5) is 6.83. The van der Waals surface area contributed by atoms with Crippen molar-refractivity contribution in [1.29, 1.82) is 0 Å². The van der Waals surface area contributed by atoms with Gasteiger partial charge in [0.15, 0.2) is 0 Å². The van der Waals surface area contributed by atoms with Crippen LogP contribution in [-0.4, -0.2) is 34.4 Å². The number of aliphatic hydroxyl groups is 2. The Morgan fingerprint density at radius 3 is 2.68 bits per heavy atom. The molecule has 1 aromatic heterocycles. The molecule has 19 heavy (non-hydrogen) atoms. The van der Waals surface area contributed by atoms with Crippen molar-refractivity contribution in [3.05, 3.63) is 23.4 Å². The fourth-order valence-corrected chi connectivity index (χ4v) is 2.37. The second-order valence-corrected chi connectivity index (χ2v) is 6.37. The van der Waals surface area contributed by atoms with Crippen molar-refractivity contribution in [1.82, 2.24) is 4.98 Å². The standard InChI is InChI=1S/C15H24N2O2/c1-15(2,3)13-7-11(10-18)8-14(16-13)17-6-4-5-12(19)9-17/h7-8,12,18-19H,4-6,9-10H2,1-3H3. The molecule has 1 atom stereocenters. The number of aliphatic hydroxyl groups excluding tert-OH is 2. The smallest absolute Gasteiger partial charge is 0.129 e. The van der Waals surface area contributed by atoms with E-state index in [1.807, 2.05) is 12.1 Å². The van der Waals surface area contributed by atoms with Crippen LogP contribution in [0.2, 0.25) is 0 Å². The van der Waals surface area contributed by atoms with Crippen LogP contribution >= 0.6 is 0 Å². The molecule has 2 rings (SSSR count). The average molecular weight is 264 g/mol. The molecule has 0 amide bonds. The average Bonchev–Trinajstić information content (AvgIpc) is 2.37. The van der Waals surface area contributed by atoms with Crippen LogP contribution in [-0.2, 0) is 12.0 Å². The van der Waals surface area contributed by atoms with Crippen molar-refractivity contribution in [3.63, 3.8) is 0 Å². The van der Waals surface area contributed by atoms with E-state index in [0.717, 1.165) is 36.5 Å². The number of pyridine rings is 1. The number of piperidine rings is 1.